The van der Waals surface area contributed by atoms with Gasteiger partial charge >= 0.3 is 0 Å². The molecule has 0 saturated heterocycles. The van der Waals surface area contributed by atoms with Crippen molar-refractivity contribution in [3.8, 4) is 0 Å². The summed E-state index contributed by atoms with van der Waals surface area (Å²) in [5.41, 5.74) is 0. The van der Waals surface area contributed by atoms with E-state index >= 15 is 0 Å². The van der Waals surface area contributed by atoms with Gasteiger partial charge in [-0.25, -0.2) is 0 Å². The van der Waals surface area contributed by atoms with Crippen molar-refractivity contribution in [1.82, 2.24) is 5.32 Å². The van der Waals surface area contributed by atoms with Crippen LogP contribution in [0.2, 0.25) is 0 Å². The van der Waals surface area contributed by atoms with Crippen LogP contribution in [0.5, 0.6) is 0 Å². The van der Waals surface area contributed by atoms with Gasteiger partial charge in [-0.05, 0) is 6.92 Å². The number of carbonyl (C=O) groups is 1. The molecule has 0 saturated carbocycles. The standard InChI is InChI=1S/C5H7NO2/c1-3-4(7)2-5(8)6-3/h2-3,7H,1H3,(H,6,8). The zero-order valence-corrected chi connectivity index (χ0v) is 4.51. The van der Waals surface area contributed by atoms with Crippen molar-refractivity contribution in [1.29, 1.82) is 0 Å². The topological polar surface area (TPSA) is 49.3 Å². The van der Waals surface area contributed by atoms with E-state index in [-0.39, 0.29) is 17.7 Å². The Labute approximate surface area is 47.0 Å². The molecule has 8 heavy (non-hydrogen) atoms. The molecule has 0 bridgehead atoms. The van der Waals surface area contributed by atoms with E-state index in [1.807, 2.05) is 0 Å². The Balaban J connectivity index is 2.73. The number of hydrogen-bond donors (Lipinski definition) is 2. The van der Waals surface area contributed by atoms with Crippen molar-refractivity contribution in [2.45, 2.75) is 13.0 Å². The molecule has 1 rings (SSSR count). The Bertz CT molecular complexity index is 151. The van der Waals surface area contributed by atoms with Gasteiger partial charge < -0.3 is 10.4 Å². The van der Waals surface area contributed by atoms with Gasteiger partial charge in [0.05, 0.1) is 6.04 Å². The highest BCUT2D eigenvalue weighted by Gasteiger charge is 2.17. The second-order valence-corrected chi connectivity index (χ2v) is 1.80. The summed E-state index contributed by atoms with van der Waals surface area (Å²) in [6.45, 7) is 1.72. The maximum absolute atomic E-state index is 10.3. The van der Waals surface area contributed by atoms with E-state index in [0.29, 0.717) is 0 Å². The van der Waals surface area contributed by atoms with E-state index in [0.717, 1.165) is 0 Å². The third-order valence-electron chi connectivity index (χ3n) is 1.08. The molecule has 1 amide bonds. The highest BCUT2D eigenvalue weighted by Crippen LogP contribution is 2.02. The molecule has 0 aliphatic carbocycles. The summed E-state index contributed by atoms with van der Waals surface area (Å²) < 4.78 is 0. The minimum atomic E-state index is -0.213. The Morgan fingerprint density at radius 3 is 2.62 bits per heavy atom. The van der Waals surface area contributed by atoms with Crippen LogP contribution in [0.1, 0.15) is 6.92 Å². The minimum absolute atomic E-state index is 0.120. The second kappa shape index (κ2) is 1.51. The van der Waals surface area contributed by atoms with Gasteiger partial charge in [-0.3, -0.25) is 4.79 Å². The van der Waals surface area contributed by atoms with Crippen molar-refractivity contribution in [2.24, 2.45) is 0 Å². The van der Waals surface area contributed by atoms with E-state index in [1.54, 1.807) is 6.92 Å². The lowest BCUT2D eigenvalue weighted by Gasteiger charge is -2.00. The highest BCUT2D eigenvalue weighted by atomic mass is 16.3. The van der Waals surface area contributed by atoms with Gasteiger partial charge in [-0.1, -0.05) is 0 Å². The van der Waals surface area contributed by atoms with Crippen LogP contribution in [0.15, 0.2) is 11.8 Å². The number of amides is 1. The zero-order valence-electron chi connectivity index (χ0n) is 4.51. The summed E-state index contributed by atoms with van der Waals surface area (Å²) in [5.74, 6) is -0.0926. The largest absolute Gasteiger partial charge is 0.510 e. The van der Waals surface area contributed by atoms with Crippen molar-refractivity contribution < 1.29 is 9.90 Å². The maximum Gasteiger partial charge on any atom is 0.248 e. The molecule has 44 valence electrons. The number of rotatable bonds is 0. The summed E-state index contributed by atoms with van der Waals surface area (Å²) in [4.78, 5) is 10.3. The molecule has 1 unspecified atom stereocenters. The summed E-state index contributed by atoms with van der Waals surface area (Å²) in [5, 5.41) is 11.2. The van der Waals surface area contributed by atoms with Gasteiger partial charge in [0.1, 0.15) is 5.76 Å². The van der Waals surface area contributed by atoms with Crippen molar-refractivity contribution in [2.75, 3.05) is 0 Å². The average Bonchev–Trinajstić information content (AvgIpc) is 1.85. The predicted octanol–water partition coefficient (Wildman–Crippen LogP) is -0.0534. The Morgan fingerprint density at radius 2 is 2.50 bits per heavy atom. The second-order valence-electron chi connectivity index (χ2n) is 1.80. The number of aliphatic hydroxyl groups is 1. The van der Waals surface area contributed by atoms with Gasteiger partial charge in [0.2, 0.25) is 5.91 Å². The smallest absolute Gasteiger partial charge is 0.248 e. The molecular weight excluding hydrogens is 106 g/mol. The molecule has 0 fully saturated rings. The number of aliphatic hydroxyl groups excluding tert-OH is 1. The number of carbonyl (C=O) groups excluding carboxylic acids is 1. The van der Waals surface area contributed by atoms with Crippen molar-refractivity contribution >= 4 is 5.91 Å². The third kappa shape index (κ3) is 0.665. The van der Waals surface area contributed by atoms with Gasteiger partial charge in [0, 0.05) is 6.08 Å². The van der Waals surface area contributed by atoms with E-state index in [2.05, 4.69) is 5.32 Å². The molecule has 0 aromatic rings. The van der Waals surface area contributed by atoms with Crippen molar-refractivity contribution in [3.63, 3.8) is 0 Å². The summed E-state index contributed by atoms with van der Waals surface area (Å²) >= 11 is 0. The summed E-state index contributed by atoms with van der Waals surface area (Å²) in [6, 6.07) is -0.192. The fourth-order valence-electron chi connectivity index (χ4n) is 0.588. The molecule has 1 heterocycles. The molecule has 1 aliphatic rings. The van der Waals surface area contributed by atoms with E-state index in [1.165, 1.54) is 6.08 Å². The Kier molecular flexibility index (Phi) is 0.970. The normalized spacial score (nSPS) is 27.4. The lowest BCUT2D eigenvalue weighted by atomic mass is 10.3. The van der Waals surface area contributed by atoms with Crippen LogP contribution < -0.4 is 5.32 Å². The molecule has 0 aromatic carbocycles. The maximum atomic E-state index is 10.3. The van der Waals surface area contributed by atoms with Crippen LogP contribution in [-0.4, -0.2) is 17.1 Å². The first kappa shape index (κ1) is 5.15. The van der Waals surface area contributed by atoms with Crippen LogP contribution in [0.25, 0.3) is 0 Å². The lowest BCUT2D eigenvalue weighted by molar-refractivity contribution is -0.116. The molecule has 1 aliphatic heterocycles. The van der Waals surface area contributed by atoms with E-state index in [4.69, 9.17) is 5.11 Å². The molecular formula is C5H7NO2. The van der Waals surface area contributed by atoms with E-state index in [9.17, 15) is 4.79 Å². The van der Waals surface area contributed by atoms with Crippen LogP contribution >= 0.6 is 0 Å². The predicted molar refractivity (Wildman–Crippen MR) is 28.3 cm³/mol. The quantitative estimate of drug-likeness (QED) is 0.462. The molecule has 3 heteroatoms. The summed E-state index contributed by atoms with van der Waals surface area (Å²) in [6.07, 6.45) is 1.19. The molecule has 3 nitrogen and oxygen atoms in total. The SMILES string of the molecule is CC1NC(=O)C=C1O. The lowest BCUT2D eigenvalue weighted by Crippen LogP contribution is -2.24. The summed E-state index contributed by atoms with van der Waals surface area (Å²) in [7, 11) is 0. The van der Waals surface area contributed by atoms with Gasteiger partial charge in [-0.15, -0.1) is 0 Å². The Hall–Kier alpha value is -0.990. The number of nitrogens with one attached hydrogen (secondary N) is 1. The van der Waals surface area contributed by atoms with Crippen LogP contribution in [0, 0.1) is 0 Å². The van der Waals surface area contributed by atoms with Crippen LogP contribution in [-0.2, 0) is 4.79 Å². The molecule has 0 radical (unpaired) electrons. The first-order valence-electron chi connectivity index (χ1n) is 2.41. The molecule has 1 atom stereocenters. The van der Waals surface area contributed by atoms with E-state index < -0.39 is 0 Å². The number of hydrogen-bond acceptors (Lipinski definition) is 2. The first-order valence-corrected chi connectivity index (χ1v) is 2.41. The first-order chi connectivity index (χ1) is 3.70. The minimum Gasteiger partial charge on any atom is -0.510 e. The fourth-order valence-corrected chi connectivity index (χ4v) is 0.588. The fraction of sp³-hybridized carbons (Fsp3) is 0.400. The third-order valence-corrected chi connectivity index (χ3v) is 1.08. The zero-order chi connectivity index (χ0) is 6.15. The molecule has 2 N–H and O–H groups in total. The van der Waals surface area contributed by atoms with Gasteiger partial charge in [-0.2, -0.15) is 0 Å². The molecule has 0 spiro atoms. The Morgan fingerprint density at radius 1 is 1.88 bits per heavy atom. The van der Waals surface area contributed by atoms with Crippen LogP contribution in [0.3, 0.4) is 0 Å². The van der Waals surface area contributed by atoms with Gasteiger partial charge in [0.25, 0.3) is 0 Å². The van der Waals surface area contributed by atoms with Crippen LogP contribution in [0.4, 0.5) is 0 Å². The average molecular weight is 113 g/mol. The van der Waals surface area contributed by atoms with Crippen molar-refractivity contribution in [3.05, 3.63) is 11.8 Å². The van der Waals surface area contributed by atoms with Gasteiger partial charge in [0.15, 0.2) is 0 Å². The monoisotopic (exact) mass is 113 g/mol. The highest BCUT2D eigenvalue weighted by molar-refractivity contribution is 5.91. The molecule has 0 aromatic heterocycles.